The van der Waals surface area contributed by atoms with Crippen LogP contribution >= 0.6 is 0 Å². The summed E-state index contributed by atoms with van der Waals surface area (Å²) in [5, 5.41) is 6.76. The van der Waals surface area contributed by atoms with Gasteiger partial charge in [-0.15, -0.1) is 0 Å². The van der Waals surface area contributed by atoms with E-state index in [9.17, 15) is 9.59 Å². The van der Waals surface area contributed by atoms with Crippen LogP contribution in [0, 0.1) is 6.92 Å². The molecule has 0 saturated carbocycles. The molecule has 0 aliphatic rings. The zero-order valence-electron chi connectivity index (χ0n) is 16.6. The number of carbonyl (C=O) groups excluding carboxylic acids is 2. The maximum Gasteiger partial charge on any atom is 0.255 e. The van der Waals surface area contributed by atoms with E-state index in [1.165, 1.54) is 0 Å². The first kappa shape index (κ1) is 19.3. The van der Waals surface area contributed by atoms with Gasteiger partial charge in [0.15, 0.2) is 0 Å². The predicted octanol–water partition coefficient (Wildman–Crippen LogP) is 4.73. The number of hydrogen-bond donors (Lipinski definition) is 2. The number of amides is 2. The van der Waals surface area contributed by atoms with E-state index >= 15 is 0 Å². The maximum atomic E-state index is 12.7. The van der Waals surface area contributed by atoms with Crippen LogP contribution in [0.25, 0.3) is 10.9 Å². The van der Waals surface area contributed by atoms with Crippen molar-refractivity contribution in [1.29, 1.82) is 0 Å². The zero-order chi connectivity index (χ0) is 20.9. The fourth-order valence-corrected chi connectivity index (χ4v) is 3.23. The Kier molecular flexibility index (Phi) is 5.52. The molecule has 0 fully saturated rings. The van der Waals surface area contributed by atoms with E-state index in [-0.39, 0.29) is 11.8 Å². The van der Waals surface area contributed by atoms with Gasteiger partial charge >= 0.3 is 0 Å². The lowest BCUT2D eigenvalue weighted by Gasteiger charge is -2.10. The largest absolute Gasteiger partial charge is 0.348 e. The zero-order valence-corrected chi connectivity index (χ0v) is 16.6. The highest BCUT2D eigenvalue weighted by Crippen LogP contribution is 2.17. The molecule has 1 aromatic heterocycles. The van der Waals surface area contributed by atoms with Crippen LogP contribution in [0.4, 0.5) is 5.69 Å². The molecule has 30 heavy (non-hydrogen) atoms. The highest BCUT2D eigenvalue weighted by atomic mass is 16.2. The van der Waals surface area contributed by atoms with Gasteiger partial charge in [0.25, 0.3) is 11.8 Å². The van der Waals surface area contributed by atoms with Crippen LogP contribution in [0.3, 0.4) is 0 Å². The van der Waals surface area contributed by atoms with Crippen molar-refractivity contribution in [2.24, 2.45) is 0 Å². The van der Waals surface area contributed by atoms with Gasteiger partial charge in [0.05, 0.1) is 11.1 Å². The molecule has 0 aliphatic carbocycles. The molecule has 0 spiro atoms. The lowest BCUT2D eigenvalue weighted by molar-refractivity contribution is 0.0951. The molecule has 1 heterocycles. The quantitative estimate of drug-likeness (QED) is 0.513. The van der Waals surface area contributed by atoms with E-state index in [0.717, 1.165) is 16.5 Å². The molecule has 5 nitrogen and oxygen atoms in total. The summed E-state index contributed by atoms with van der Waals surface area (Å²) in [6.45, 7) is 2.32. The standard InChI is InChI=1S/C25H21N3O2/c1-17-10-12-20(13-11-17)24(29)28-21-8-2-5-18(15-21)16-27-25(30)22-9-3-6-19-7-4-14-26-23(19)22/h2-15H,16H2,1H3,(H,27,30)(H,28,29). The van der Waals surface area contributed by atoms with Crippen molar-refractivity contribution in [3.8, 4) is 0 Å². The molecule has 4 rings (SSSR count). The van der Waals surface area contributed by atoms with Crippen molar-refractivity contribution < 1.29 is 9.59 Å². The van der Waals surface area contributed by atoms with Crippen LogP contribution in [-0.4, -0.2) is 16.8 Å². The molecule has 0 saturated heterocycles. The van der Waals surface area contributed by atoms with E-state index in [0.29, 0.717) is 28.9 Å². The summed E-state index contributed by atoms with van der Waals surface area (Å²) in [7, 11) is 0. The molecule has 2 N–H and O–H groups in total. The molecule has 5 heteroatoms. The molecule has 0 bridgehead atoms. The van der Waals surface area contributed by atoms with Crippen LogP contribution < -0.4 is 10.6 Å². The average Bonchev–Trinajstić information content (AvgIpc) is 2.78. The predicted molar refractivity (Wildman–Crippen MR) is 118 cm³/mol. The van der Waals surface area contributed by atoms with Crippen molar-refractivity contribution in [2.45, 2.75) is 13.5 Å². The maximum absolute atomic E-state index is 12.7. The van der Waals surface area contributed by atoms with Crippen LogP contribution in [-0.2, 0) is 6.54 Å². The van der Waals surface area contributed by atoms with Gasteiger partial charge in [0, 0.05) is 29.4 Å². The molecule has 4 aromatic rings. The summed E-state index contributed by atoms with van der Waals surface area (Å²) in [4.78, 5) is 29.4. The van der Waals surface area contributed by atoms with Crippen molar-refractivity contribution in [1.82, 2.24) is 10.3 Å². The van der Waals surface area contributed by atoms with Gasteiger partial charge in [-0.2, -0.15) is 0 Å². The first-order valence-corrected chi connectivity index (χ1v) is 9.69. The Bertz CT molecular complexity index is 1210. The van der Waals surface area contributed by atoms with Gasteiger partial charge in [-0.1, -0.05) is 48.0 Å². The highest BCUT2D eigenvalue weighted by Gasteiger charge is 2.11. The van der Waals surface area contributed by atoms with Gasteiger partial charge in [0.2, 0.25) is 0 Å². The number of carbonyl (C=O) groups is 2. The Morgan fingerprint density at radius 1 is 0.867 bits per heavy atom. The molecular formula is C25H21N3O2. The molecular weight excluding hydrogens is 374 g/mol. The second-order valence-electron chi connectivity index (χ2n) is 7.08. The summed E-state index contributed by atoms with van der Waals surface area (Å²) in [6.07, 6.45) is 1.68. The number of nitrogens with zero attached hydrogens (tertiary/aromatic N) is 1. The van der Waals surface area contributed by atoms with Crippen LogP contribution in [0.5, 0.6) is 0 Å². The third-order valence-corrected chi connectivity index (χ3v) is 4.83. The minimum Gasteiger partial charge on any atom is -0.348 e. The second kappa shape index (κ2) is 8.57. The van der Waals surface area contributed by atoms with Crippen LogP contribution in [0.2, 0.25) is 0 Å². The number of anilines is 1. The normalized spacial score (nSPS) is 10.6. The molecule has 148 valence electrons. The van der Waals surface area contributed by atoms with Gasteiger partial charge in [-0.05, 0) is 48.9 Å². The smallest absolute Gasteiger partial charge is 0.255 e. The lowest BCUT2D eigenvalue weighted by atomic mass is 10.1. The number of aromatic nitrogens is 1. The van der Waals surface area contributed by atoms with Crippen molar-refractivity contribution in [2.75, 3.05) is 5.32 Å². The van der Waals surface area contributed by atoms with Crippen molar-refractivity contribution in [3.05, 3.63) is 107 Å². The Balaban J connectivity index is 1.43. The minimum absolute atomic E-state index is 0.169. The average molecular weight is 395 g/mol. The van der Waals surface area contributed by atoms with Gasteiger partial charge < -0.3 is 10.6 Å². The third kappa shape index (κ3) is 4.36. The Morgan fingerprint density at radius 2 is 1.63 bits per heavy atom. The SMILES string of the molecule is Cc1ccc(C(=O)Nc2cccc(CNC(=O)c3cccc4cccnc34)c2)cc1. The molecule has 0 aliphatic heterocycles. The lowest BCUT2D eigenvalue weighted by Crippen LogP contribution is -2.23. The molecule has 0 atom stereocenters. The fraction of sp³-hybridized carbons (Fsp3) is 0.0800. The van der Waals surface area contributed by atoms with E-state index < -0.39 is 0 Å². The number of nitrogens with one attached hydrogen (secondary N) is 2. The Morgan fingerprint density at radius 3 is 2.47 bits per heavy atom. The van der Waals surface area contributed by atoms with E-state index in [2.05, 4.69) is 15.6 Å². The highest BCUT2D eigenvalue weighted by molar-refractivity contribution is 6.05. The third-order valence-electron chi connectivity index (χ3n) is 4.83. The van der Waals surface area contributed by atoms with Crippen molar-refractivity contribution in [3.63, 3.8) is 0 Å². The Labute approximate surface area is 174 Å². The molecule has 3 aromatic carbocycles. The number of hydrogen-bond acceptors (Lipinski definition) is 3. The number of fused-ring (bicyclic) bond motifs is 1. The number of benzene rings is 3. The summed E-state index contributed by atoms with van der Waals surface area (Å²) < 4.78 is 0. The number of rotatable bonds is 5. The van der Waals surface area contributed by atoms with E-state index in [1.807, 2.05) is 67.6 Å². The summed E-state index contributed by atoms with van der Waals surface area (Å²) in [5.74, 6) is -0.355. The van der Waals surface area contributed by atoms with Crippen LogP contribution in [0.1, 0.15) is 31.8 Å². The fourth-order valence-electron chi connectivity index (χ4n) is 3.23. The molecule has 0 radical (unpaired) electrons. The number of pyridine rings is 1. The van der Waals surface area contributed by atoms with E-state index in [1.54, 1.807) is 24.4 Å². The molecule has 0 unspecified atom stereocenters. The summed E-state index contributed by atoms with van der Waals surface area (Å²) >= 11 is 0. The van der Waals surface area contributed by atoms with Crippen molar-refractivity contribution >= 4 is 28.4 Å². The van der Waals surface area contributed by atoms with Gasteiger partial charge in [-0.3, -0.25) is 14.6 Å². The second-order valence-corrected chi connectivity index (χ2v) is 7.08. The first-order valence-electron chi connectivity index (χ1n) is 9.69. The molecule has 2 amide bonds. The summed E-state index contributed by atoms with van der Waals surface area (Å²) in [6, 6.07) is 24.2. The van der Waals surface area contributed by atoms with Gasteiger partial charge in [-0.25, -0.2) is 0 Å². The minimum atomic E-state index is -0.187. The Hall–Kier alpha value is -3.99. The topological polar surface area (TPSA) is 71.1 Å². The van der Waals surface area contributed by atoms with Gasteiger partial charge in [0.1, 0.15) is 0 Å². The van der Waals surface area contributed by atoms with Crippen LogP contribution in [0.15, 0.2) is 85.1 Å². The number of aryl methyl sites for hydroxylation is 1. The first-order chi connectivity index (χ1) is 14.6. The summed E-state index contributed by atoms with van der Waals surface area (Å²) in [5.41, 5.74) is 4.49. The number of para-hydroxylation sites is 1. The van der Waals surface area contributed by atoms with E-state index in [4.69, 9.17) is 0 Å². The monoisotopic (exact) mass is 395 g/mol.